The quantitative estimate of drug-likeness (QED) is 0.571. The van der Waals surface area contributed by atoms with Gasteiger partial charge in [0.25, 0.3) is 0 Å². The number of aromatic hydroxyl groups is 1. The Morgan fingerprint density at radius 1 is 1.28 bits per heavy atom. The number of rotatable bonds is 6. The van der Waals surface area contributed by atoms with E-state index in [-0.39, 0.29) is 39.0 Å². The average Bonchev–Trinajstić information content (AvgIpc) is 3.18. The van der Waals surface area contributed by atoms with Crippen LogP contribution >= 0.6 is 23.2 Å². The van der Waals surface area contributed by atoms with Gasteiger partial charge in [-0.1, -0.05) is 30.1 Å². The molecule has 2 heterocycles. The number of aryl methyl sites for hydroxylation is 2. The fourth-order valence-corrected chi connectivity index (χ4v) is 4.50. The lowest BCUT2D eigenvalue weighted by Gasteiger charge is -2.14. The minimum absolute atomic E-state index is 0.00522. The normalized spacial score (nSPS) is 11.8. The molecule has 11 heteroatoms. The molecule has 0 fully saturated rings. The van der Waals surface area contributed by atoms with E-state index in [0.717, 1.165) is 6.26 Å². The Morgan fingerprint density at radius 2 is 1.97 bits per heavy atom. The highest BCUT2D eigenvalue weighted by Gasteiger charge is 2.27. The number of aromatic nitrogens is 4. The van der Waals surface area contributed by atoms with Crippen molar-refractivity contribution in [2.75, 3.05) is 6.26 Å². The second-order valence-corrected chi connectivity index (χ2v) is 9.28. The zero-order valence-corrected chi connectivity index (χ0v) is 18.2. The van der Waals surface area contributed by atoms with E-state index in [2.05, 4.69) is 10.2 Å². The van der Waals surface area contributed by atoms with Crippen molar-refractivity contribution in [3.63, 3.8) is 0 Å². The molecule has 8 nitrogen and oxygen atoms in total. The van der Waals surface area contributed by atoms with Crippen LogP contribution in [0.25, 0.3) is 0 Å². The summed E-state index contributed by atoms with van der Waals surface area (Å²) >= 11 is 12.4. The van der Waals surface area contributed by atoms with E-state index >= 15 is 0 Å². The van der Waals surface area contributed by atoms with Gasteiger partial charge in [0.05, 0.1) is 33.4 Å². The third kappa shape index (κ3) is 4.03. The van der Waals surface area contributed by atoms with Gasteiger partial charge in [-0.3, -0.25) is 9.48 Å². The number of sulfone groups is 1. The predicted octanol–water partition coefficient (Wildman–Crippen LogP) is 2.87. The van der Waals surface area contributed by atoms with Gasteiger partial charge in [-0.2, -0.15) is 10.2 Å². The van der Waals surface area contributed by atoms with Crippen molar-refractivity contribution in [3.05, 3.63) is 57.0 Å². The highest BCUT2D eigenvalue weighted by molar-refractivity contribution is 7.90. The first-order chi connectivity index (χ1) is 13.5. The summed E-state index contributed by atoms with van der Waals surface area (Å²) in [5.74, 6) is -0.826. The van der Waals surface area contributed by atoms with Gasteiger partial charge in [0.1, 0.15) is 5.56 Å². The molecule has 0 amide bonds. The first-order valence-electron chi connectivity index (χ1n) is 8.53. The molecule has 0 aliphatic heterocycles. The molecule has 1 aromatic carbocycles. The average molecular weight is 457 g/mol. The molecule has 1 N–H and O–H groups in total. The molecule has 3 aromatic rings. The number of benzene rings is 1. The van der Waals surface area contributed by atoms with Crippen LogP contribution in [0.1, 0.15) is 34.1 Å². The molecule has 3 rings (SSSR count). The summed E-state index contributed by atoms with van der Waals surface area (Å²) in [5.41, 5.74) is 0.724. The van der Waals surface area contributed by atoms with Crippen molar-refractivity contribution >= 4 is 38.8 Å². The van der Waals surface area contributed by atoms with Crippen LogP contribution in [-0.2, 0) is 29.9 Å². The predicted molar refractivity (Wildman–Crippen MR) is 109 cm³/mol. The van der Waals surface area contributed by atoms with Gasteiger partial charge in [0, 0.05) is 30.6 Å². The third-order valence-corrected chi connectivity index (χ3v) is 6.23. The topological polar surface area (TPSA) is 107 Å². The number of hydrogen-bond acceptors (Lipinski definition) is 6. The number of ketones is 1. The summed E-state index contributed by atoms with van der Waals surface area (Å²) < 4.78 is 27.1. The van der Waals surface area contributed by atoms with Crippen LogP contribution in [0.15, 0.2) is 29.4 Å². The largest absolute Gasteiger partial charge is 0.493 e. The van der Waals surface area contributed by atoms with Crippen LogP contribution in [0.4, 0.5) is 0 Å². The molecule has 0 radical (unpaired) electrons. The van der Waals surface area contributed by atoms with Crippen molar-refractivity contribution in [1.29, 1.82) is 0 Å². The maximum absolute atomic E-state index is 13.2. The molecule has 0 aliphatic rings. The SMILES string of the molecule is CCc1nn(C)c(O)c1C(=O)c1ccc(S(C)(=O)=O)c(Cn2cc(Cl)cn2)c1Cl. The number of carbonyl (C=O) groups is 1. The standard InChI is InChI=1S/C18H18Cl2N4O4S/c1-4-13-15(18(26)23(2)22-13)17(25)11-5-6-14(29(3,27)28)12(16(11)20)9-24-8-10(19)7-21-24/h5-8,26H,4,9H2,1-3H3. The van der Waals surface area contributed by atoms with E-state index in [4.69, 9.17) is 23.2 Å². The highest BCUT2D eigenvalue weighted by Crippen LogP contribution is 2.33. The molecule has 2 aromatic heterocycles. The molecule has 0 spiro atoms. The number of hydrogen-bond donors (Lipinski definition) is 1. The summed E-state index contributed by atoms with van der Waals surface area (Å²) in [7, 11) is -2.11. The Labute approximate surface area is 177 Å². The second kappa shape index (κ2) is 7.81. The molecule has 0 saturated carbocycles. The summed E-state index contributed by atoms with van der Waals surface area (Å²) in [5, 5.41) is 18.8. The molecule has 0 unspecified atom stereocenters. The van der Waals surface area contributed by atoms with Crippen molar-refractivity contribution < 1.29 is 18.3 Å². The molecular weight excluding hydrogens is 439 g/mol. The Kier molecular flexibility index (Phi) is 5.75. The van der Waals surface area contributed by atoms with E-state index < -0.39 is 15.6 Å². The molecule has 29 heavy (non-hydrogen) atoms. The Morgan fingerprint density at radius 3 is 2.52 bits per heavy atom. The van der Waals surface area contributed by atoms with Crippen LogP contribution < -0.4 is 0 Å². The van der Waals surface area contributed by atoms with E-state index in [0.29, 0.717) is 17.1 Å². The van der Waals surface area contributed by atoms with E-state index in [1.807, 2.05) is 0 Å². The van der Waals surface area contributed by atoms with Crippen molar-refractivity contribution in [3.8, 4) is 5.88 Å². The summed E-state index contributed by atoms with van der Waals surface area (Å²) in [6, 6.07) is 2.67. The lowest BCUT2D eigenvalue weighted by molar-refractivity contribution is 0.103. The smallest absolute Gasteiger partial charge is 0.220 e. The van der Waals surface area contributed by atoms with Crippen molar-refractivity contribution in [2.24, 2.45) is 7.05 Å². The lowest BCUT2D eigenvalue weighted by Crippen LogP contribution is -2.12. The second-order valence-electron chi connectivity index (χ2n) is 6.48. The fourth-order valence-electron chi connectivity index (χ4n) is 3.04. The van der Waals surface area contributed by atoms with Crippen LogP contribution in [0.3, 0.4) is 0 Å². The van der Waals surface area contributed by atoms with Gasteiger partial charge < -0.3 is 5.11 Å². The fraction of sp³-hybridized carbons (Fsp3) is 0.278. The zero-order valence-electron chi connectivity index (χ0n) is 15.8. The Hall–Kier alpha value is -2.36. The van der Waals surface area contributed by atoms with E-state index in [9.17, 15) is 18.3 Å². The Bertz CT molecular complexity index is 1210. The molecule has 0 saturated heterocycles. The number of halogens is 2. The van der Waals surface area contributed by atoms with Gasteiger partial charge in [0.15, 0.2) is 9.84 Å². The zero-order chi connectivity index (χ0) is 21.5. The molecule has 0 atom stereocenters. The minimum Gasteiger partial charge on any atom is -0.493 e. The van der Waals surface area contributed by atoms with Gasteiger partial charge in [-0.15, -0.1) is 0 Å². The highest BCUT2D eigenvalue weighted by atomic mass is 35.5. The third-order valence-electron chi connectivity index (χ3n) is 4.42. The van der Waals surface area contributed by atoms with Crippen LogP contribution in [-0.4, -0.2) is 45.1 Å². The molecular formula is C18H18Cl2N4O4S. The van der Waals surface area contributed by atoms with Crippen molar-refractivity contribution in [1.82, 2.24) is 19.6 Å². The molecule has 0 aliphatic carbocycles. The summed E-state index contributed by atoms with van der Waals surface area (Å²) in [6.07, 6.45) is 4.40. The van der Waals surface area contributed by atoms with Crippen LogP contribution in [0.2, 0.25) is 10.0 Å². The number of nitrogens with zero attached hydrogens (tertiary/aromatic N) is 4. The maximum Gasteiger partial charge on any atom is 0.220 e. The summed E-state index contributed by atoms with van der Waals surface area (Å²) in [4.78, 5) is 13.1. The van der Waals surface area contributed by atoms with E-state index in [1.54, 1.807) is 6.92 Å². The number of carbonyl (C=O) groups excluding carboxylic acids is 1. The first kappa shape index (κ1) is 21.4. The molecule has 154 valence electrons. The van der Waals surface area contributed by atoms with Gasteiger partial charge in [-0.25, -0.2) is 13.1 Å². The Balaban J connectivity index is 2.19. The van der Waals surface area contributed by atoms with Crippen LogP contribution in [0.5, 0.6) is 5.88 Å². The monoisotopic (exact) mass is 456 g/mol. The molecule has 0 bridgehead atoms. The first-order valence-corrected chi connectivity index (χ1v) is 11.2. The van der Waals surface area contributed by atoms with Crippen LogP contribution in [0, 0.1) is 0 Å². The maximum atomic E-state index is 13.2. The van der Waals surface area contributed by atoms with Gasteiger partial charge in [-0.05, 0) is 18.6 Å². The lowest BCUT2D eigenvalue weighted by atomic mass is 10.00. The minimum atomic E-state index is -3.63. The summed E-state index contributed by atoms with van der Waals surface area (Å²) in [6.45, 7) is 1.80. The van der Waals surface area contributed by atoms with Gasteiger partial charge in [0.2, 0.25) is 11.7 Å². The van der Waals surface area contributed by atoms with E-state index in [1.165, 1.54) is 40.9 Å². The van der Waals surface area contributed by atoms with Crippen molar-refractivity contribution in [2.45, 2.75) is 24.8 Å². The van der Waals surface area contributed by atoms with Gasteiger partial charge >= 0.3 is 0 Å².